The number of carbonyl (C=O) groups is 4. The maximum atomic E-state index is 12.4. The van der Waals surface area contributed by atoms with Crippen LogP contribution in [0.5, 0.6) is 0 Å². The molecule has 0 saturated carbocycles. The number of nitrogens with zero attached hydrogens (tertiary/aromatic N) is 1. The van der Waals surface area contributed by atoms with Crippen LogP contribution in [0.2, 0.25) is 0 Å². The lowest BCUT2D eigenvalue weighted by Crippen LogP contribution is -2.53. The summed E-state index contributed by atoms with van der Waals surface area (Å²) < 4.78 is 5.38. The summed E-state index contributed by atoms with van der Waals surface area (Å²) >= 11 is 0. The fourth-order valence-corrected chi connectivity index (χ4v) is 4.72. The molecule has 0 spiro atoms. The second-order valence-corrected chi connectivity index (χ2v) is 8.68. The smallest absolute Gasteiger partial charge is 0.407 e. The Morgan fingerprint density at radius 1 is 1.00 bits per heavy atom. The number of alkyl carbamates (subject to hydrolysis) is 1. The second kappa shape index (κ2) is 9.54. The minimum Gasteiger partial charge on any atom is -0.480 e. The van der Waals surface area contributed by atoms with Gasteiger partial charge in [-0.05, 0) is 42.0 Å². The Balaban J connectivity index is 1.24. The van der Waals surface area contributed by atoms with Gasteiger partial charge in [-0.25, -0.2) is 9.59 Å². The molecule has 2 aromatic carbocycles. The van der Waals surface area contributed by atoms with Crippen LogP contribution in [0.1, 0.15) is 36.8 Å². The van der Waals surface area contributed by atoms with Crippen molar-refractivity contribution in [1.82, 2.24) is 15.5 Å². The monoisotopic (exact) mass is 465 g/mol. The maximum absolute atomic E-state index is 12.4. The van der Waals surface area contributed by atoms with Crippen LogP contribution in [0.3, 0.4) is 0 Å². The molecule has 34 heavy (non-hydrogen) atoms. The van der Waals surface area contributed by atoms with Gasteiger partial charge in [0.1, 0.15) is 18.7 Å². The highest BCUT2D eigenvalue weighted by Gasteiger charge is 2.45. The van der Waals surface area contributed by atoms with Gasteiger partial charge in [-0.3, -0.25) is 9.59 Å². The van der Waals surface area contributed by atoms with Crippen LogP contribution in [0.25, 0.3) is 11.1 Å². The van der Waals surface area contributed by atoms with Gasteiger partial charge in [0.2, 0.25) is 11.8 Å². The third kappa shape index (κ3) is 4.46. The third-order valence-corrected chi connectivity index (χ3v) is 6.58. The number of carboxylic acids is 1. The van der Waals surface area contributed by atoms with E-state index in [4.69, 9.17) is 4.74 Å². The summed E-state index contributed by atoms with van der Waals surface area (Å²) in [7, 11) is 0. The van der Waals surface area contributed by atoms with Crippen molar-refractivity contribution >= 4 is 23.9 Å². The summed E-state index contributed by atoms with van der Waals surface area (Å²) in [6.07, 6.45) is 0.221. The SMILES string of the molecule is CC1(C(=O)O)CCCN1C(=O)CNC(=O)CNC(=O)OCC1c2ccccc2-c2ccccc21. The molecule has 9 heteroatoms. The van der Waals surface area contributed by atoms with Crippen LogP contribution in [0.4, 0.5) is 4.79 Å². The van der Waals surface area contributed by atoms with Gasteiger partial charge in [0, 0.05) is 12.5 Å². The number of carbonyl (C=O) groups excluding carboxylic acids is 3. The average Bonchev–Trinajstić information content (AvgIpc) is 3.39. The Kier molecular flexibility index (Phi) is 6.54. The van der Waals surface area contributed by atoms with Crippen molar-refractivity contribution in [3.8, 4) is 11.1 Å². The van der Waals surface area contributed by atoms with Gasteiger partial charge in [-0.15, -0.1) is 0 Å². The number of rotatable bonds is 7. The Labute approximate surface area is 197 Å². The number of fused-ring (bicyclic) bond motifs is 3. The number of carboxylic acid groups (broad SMARTS) is 1. The van der Waals surface area contributed by atoms with Crippen LogP contribution in [0, 0.1) is 0 Å². The van der Waals surface area contributed by atoms with Gasteiger partial charge in [-0.2, -0.15) is 0 Å². The zero-order chi connectivity index (χ0) is 24.3. The number of amides is 3. The molecule has 0 bridgehead atoms. The number of nitrogens with one attached hydrogen (secondary N) is 2. The molecule has 1 heterocycles. The standard InChI is InChI=1S/C25H27N3O6/c1-25(23(31)32)11-6-12-28(25)22(30)14-26-21(29)13-27-24(33)34-15-20-18-9-4-2-7-16(18)17-8-3-5-10-19(17)20/h2-5,7-10,20H,6,11-15H2,1H3,(H,26,29)(H,27,33)(H,31,32). The van der Waals surface area contributed by atoms with Crippen LogP contribution in [0.15, 0.2) is 48.5 Å². The van der Waals surface area contributed by atoms with E-state index in [-0.39, 0.29) is 25.6 Å². The molecule has 1 unspecified atom stereocenters. The van der Waals surface area contributed by atoms with E-state index in [2.05, 4.69) is 10.6 Å². The summed E-state index contributed by atoms with van der Waals surface area (Å²) in [6.45, 7) is 1.26. The topological polar surface area (TPSA) is 125 Å². The molecule has 2 aliphatic rings. The number of hydrogen-bond donors (Lipinski definition) is 3. The number of hydrogen-bond acceptors (Lipinski definition) is 5. The Morgan fingerprint density at radius 3 is 2.24 bits per heavy atom. The molecule has 1 aliphatic heterocycles. The Hall–Kier alpha value is -3.88. The second-order valence-electron chi connectivity index (χ2n) is 8.68. The molecule has 9 nitrogen and oxygen atoms in total. The summed E-state index contributed by atoms with van der Waals surface area (Å²) in [6, 6.07) is 16.0. The van der Waals surface area contributed by atoms with Crippen molar-refractivity contribution in [2.45, 2.75) is 31.2 Å². The molecule has 1 atom stereocenters. The van der Waals surface area contributed by atoms with Crippen molar-refractivity contribution in [3.05, 3.63) is 59.7 Å². The molecule has 4 rings (SSSR count). The zero-order valence-electron chi connectivity index (χ0n) is 18.9. The molecule has 1 aliphatic carbocycles. The van der Waals surface area contributed by atoms with Gasteiger partial charge >= 0.3 is 12.1 Å². The third-order valence-electron chi connectivity index (χ3n) is 6.58. The first kappa shape index (κ1) is 23.3. The first-order valence-corrected chi connectivity index (χ1v) is 11.2. The molecule has 2 aromatic rings. The lowest BCUT2D eigenvalue weighted by atomic mass is 9.98. The predicted molar refractivity (Wildman–Crippen MR) is 123 cm³/mol. The van der Waals surface area contributed by atoms with E-state index in [1.54, 1.807) is 0 Å². The first-order chi connectivity index (χ1) is 16.3. The number of aliphatic carboxylic acids is 1. The summed E-state index contributed by atoms with van der Waals surface area (Å²) in [4.78, 5) is 49.4. The van der Waals surface area contributed by atoms with Crippen LogP contribution >= 0.6 is 0 Å². The quantitative estimate of drug-likeness (QED) is 0.575. The van der Waals surface area contributed by atoms with E-state index in [0.717, 1.165) is 22.3 Å². The van der Waals surface area contributed by atoms with E-state index in [1.807, 2.05) is 48.5 Å². The van der Waals surface area contributed by atoms with E-state index in [1.165, 1.54) is 11.8 Å². The number of benzene rings is 2. The highest BCUT2D eigenvalue weighted by molar-refractivity contribution is 5.91. The first-order valence-electron chi connectivity index (χ1n) is 11.2. The van der Waals surface area contributed by atoms with Crippen molar-refractivity contribution in [3.63, 3.8) is 0 Å². The van der Waals surface area contributed by atoms with E-state index < -0.39 is 29.4 Å². The van der Waals surface area contributed by atoms with Crippen molar-refractivity contribution in [1.29, 1.82) is 0 Å². The normalized spacial score (nSPS) is 18.7. The lowest BCUT2D eigenvalue weighted by Gasteiger charge is -2.31. The largest absolute Gasteiger partial charge is 0.480 e. The zero-order valence-corrected chi connectivity index (χ0v) is 18.9. The molecule has 0 radical (unpaired) electrons. The van der Waals surface area contributed by atoms with Gasteiger partial charge in [-0.1, -0.05) is 48.5 Å². The Morgan fingerprint density at radius 2 is 1.62 bits per heavy atom. The molecular weight excluding hydrogens is 438 g/mol. The van der Waals surface area contributed by atoms with Crippen LogP contribution < -0.4 is 10.6 Å². The van der Waals surface area contributed by atoms with Crippen molar-refractivity contribution < 1.29 is 29.0 Å². The van der Waals surface area contributed by atoms with Gasteiger partial charge in [0.15, 0.2) is 0 Å². The summed E-state index contributed by atoms with van der Waals surface area (Å²) in [5.74, 6) is -2.20. The summed E-state index contributed by atoms with van der Waals surface area (Å²) in [5.41, 5.74) is 3.15. The fraction of sp³-hybridized carbons (Fsp3) is 0.360. The van der Waals surface area contributed by atoms with Crippen LogP contribution in [-0.4, -0.2) is 65.7 Å². The van der Waals surface area contributed by atoms with E-state index >= 15 is 0 Å². The fourth-order valence-electron chi connectivity index (χ4n) is 4.72. The molecule has 0 aromatic heterocycles. The highest BCUT2D eigenvalue weighted by atomic mass is 16.5. The molecular formula is C25H27N3O6. The Bertz CT molecular complexity index is 1090. The van der Waals surface area contributed by atoms with Crippen molar-refractivity contribution in [2.75, 3.05) is 26.2 Å². The predicted octanol–water partition coefficient (Wildman–Crippen LogP) is 2.11. The minimum atomic E-state index is -1.26. The van der Waals surface area contributed by atoms with Crippen LogP contribution in [-0.2, 0) is 19.1 Å². The molecule has 1 fully saturated rings. The number of likely N-dealkylation sites (tertiary alicyclic amines) is 1. The van der Waals surface area contributed by atoms with Gasteiger partial charge in [0.05, 0.1) is 6.54 Å². The molecule has 3 amide bonds. The average molecular weight is 466 g/mol. The highest BCUT2D eigenvalue weighted by Crippen LogP contribution is 2.44. The van der Waals surface area contributed by atoms with Crippen molar-refractivity contribution in [2.24, 2.45) is 0 Å². The van der Waals surface area contributed by atoms with Gasteiger partial charge in [0.25, 0.3) is 0 Å². The number of ether oxygens (including phenoxy) is 1. The molecule has 178 valence electrons. The van der Waals surface area contributed by atoms with Gasteiger partial charge < -0.3 is 25.4 Å². The summed E-state index contributed by atoms with van der Waals surface area (Å²) in [5, 5.41) is 14.2. The van der Waals surface area contributed by atoms with E-state index in [9.17, 15) is 24.3 Å². The molecule has 1 saturated heterocycles. The molecule has 3 N–H and O–H groups in total. The minimum absolute atomic E-state index is 0.0893. The lowest BCUT2D eigenvalue weighted by molar-refractivity contribution is -0.155. The van der Waals surface area contributed by atoms with E-state index in [0.29, 0.717) is 19.4 Å². The maximum Gasteiger partial charge on any atom is 0.407 e.